The van der Waals surface area contributed by atoms with Crippen molar-refractivity contribution in [2.75, 3.05) is 11.9 Å². The summed E-state index contributed by atoms with van der Waals surface area (Å²) in [5.41, 5.74) is 6.63. The lowest BCUT2D eigenvalue weighted by molar-refractivity contribution is 0.250. The molecule has 0 aliphatic rings. The Labute approximate surface area is 102 Å². The molecule has 0 saturated carbocycles. The molecule has 2 amide bonds. The quantitative estimate of drug-likeness (QED) is 0.726. The molecule has 17 heavy (non-hydrogen) atoms. The maximum absolute atomic E-state index is 11.5. The number of carbonyl (C=O) groups is 1. The molecule has 0 aliphatic heterocycles. The number of amides is 2. The largest absolute Gasteiger partial charge is 0.336 e. The van der Waals surface area contributed by atoms with E-state index in [1.54, 1.807) is 24.5 Å². The lowest BCUT2D eigenvalue weighted by atomic mass is 10.0. The summed E-state index contributed by atoms with van der Waals surface area (Å²) in [4.78, 5) is 15.4. The fourth-order valence-corrected chi connectivity index (χ4v) is 1.33. The van der Waals surface area contributed by atoms with Crippen LogP contribution < -0.4 is 16.4 Å². The third-order valence-electron chi connectivity index (χ3n) is 2.81. The van der Waals surface area contributed by atoms with Crippen molar-refractivity contribution < 1.29 is 4.79 Å². The number of nitrogens with two attached hydrogens (primary N) is 1. The van der Waals surface area contributed by atoms with Gasteiger partial charge in [0.15, 0.2) is 0 Å². The van der Waals surface area contributed by atoms with E-state index in [1.165, 1.54) is 0 Å². The lowest BCUT2D eigenvalue weighted by Crippen LogP contribution is -2.42. The van der Waals surface area contributed by atoms with Gasteiger partial charge in [-0.3, -0.25) is 4.98 Å². The fraction of sp³-hybridized carbons (Fsp3) is 0.500. The highest BCUT2D eigenvalue weighted by atomic mass is 16.2. The van der Waals surface area contributed by atoms with Gasteiger partial charge in [0.25, 0.3) is 0 Å². The molecule has 1 rings (SSSR count). The van der Waals surface area contributed by atoms with E-state index in [0.717, 1.165) is 12.1 Å². The normalized spacial score (nSPS) is 13.8. The van der Waals surface area contributed by atoms with E-state index in [-0.39, 0.29) is 12.1 Å². The van der Waals surface area contributed by atoms with Gasteiger partial charge in [0.05, 0.1) is 0 Å². The maximum Gasteiger partial charge on any atom is 0.319 e. The topological polar surface area (TPSA) is 80.0 Å². The van der Waals surface area contributed by atoms with Gasteiger partial charge >= 0.3 is 6.03 Å². The lowest BCUT2D eigenvalue weighted by Gasteiger charge is -2.18. The first kappa shape index (κ1) is 13.4. The summed E-state index contributed by atoms with van der Waals surface area (Å²) in [7, 11) is 0. The van der Waals surface area contributed by atoms with Crippen LogP contribution >= 0.6 is 0 Å². The predicted molar refractivity (Wildman–Crippen MR) is 68.7 cm³/mol. The van der Waals surface area contributed by atoms with E-state index in [9.17, 15) is 4.79 Å². The minimum absolute atomic E-state index is 0.0109. The van der Waals surface area contributed by atoms with Gasteiger partial charge in [-0.2, -0.15) is 0 Å². The van der Waals surface area contributed by atoms with Gasteiger partial charge in [-0.05, 0) is 18.1 Å². The molecule has 1 heterocycles. The molecule has 0 saturated heterocycles. The zero-order chi connectivity index (χ0) is 12.7. The Hall–Kier alpha value is -1.62. The second kappa shape index (κ2) is 6.85. The molecule has 0 radical (unpaired) electrons. The van der Waals surface area contributed by atoms with E-state index >= 15 is 0 Å². The van der Waals surface area contributed by atoms with Crippen LogP contribution in [0.2, 0.25) is 0 Å². The van der Waals surface area contributed by atoms with E-state index in [1.807, 2.05) is 0 Å². The van der Waals surface area contributed by atoms with E-state index < -0.39 is 0 Å². The number of carbonyl (C=O) groups excluding carboxylic acids is 1. The van der Waals surface area contributed by atoms with Gasteiger partial charge < -0.3 is 16.4 Å². The Balaban J connectivity index is 2.31. The summed E-state index contributed by atoms with van der Waals surface area (Å²) in [5.74, 6) is 0.399. The molecule has 0 bridgehead atoms. The van der Waals surface area contributed by atoms with E-state index in [0.29, 0.717) is 12.5 Å². The Morgan fingerprint density at radius 1 is 1.47 bits per heavy atom. The number of nitrogens with zero attached hydrogens (tertiary/aromatic N) is 1. The highest BCUT2D eigenvalue weighted by Gasteiger charge is 2.11. The molecule has 1 unspecified atom stereocenters. The Morgan fingerprint density at radius 2 is 2.12 bits per heavy atom. The number of hydrogen-bond acceptors (Lipinski definition) is 3. The van der Waals surface area contributed by atoms with Crippen LogP contribution in [0.5, 0.6) is 0 Å². The summed E-state index contributed by atoms with van der Waals surface area (Å²) < 4.78 is 0. The van der Waals surface area contributed by atoms with Crippen LogP contribution in [0.1, 0.15) is 20.3 Å². The third kappa shape index (κ3) is 4.82. The number of pyridine rings is 1. The molecule has 0 spiro atoms. The number of hydrogen-bond donors (Lipinski definition) is 3. The second-order valence-corrected chi connectivity index (χ2v) is 4.12. The highest BCUT2D eigenvalue weighted by molar-refractivity contribution is 5.89. The zero-order valence-electron chi connectivity index (χ0n) is 10.3. The molecule has 5 heteroatoms. The summed E-state index contributed by atoms with van der Waals surface area (Å²) in [6.07, 6.45) is 4.26. The van der Waals surface area contributed by atoms with Crippen molar-refractivity contribution in [2.45, 2.75) is 26.3 Å². The zero-order valence-corrected chi connectivity index (χ0v) is 10.3. The van der Waals surface area contributed by atoms with Gasteiger partial charge in [-0.15, -0.1) is 0 Å². The van der Waals surface area contributed by atoms with Crippen molar-refractivity contribution >= 4 is 11.7 Å². The molecular weight excluding hydrogens is 216 g/mol. The fourth-order valence-electron chi connectivity index (χ4n) is 1.33. The van der Waals surface area contributed by atoms with Gasteiger partial charge in [-0.1, -0.05) is 20.3 Å². The van der Waals surface area contributed by atoms with Crippen LogP contribution in [-0.4, -0.2) is 23.6 Å². The van der Waals surface area contributed by atoms with Crippen LogP contribution in [0.3, 0.4) is 0 Å². The van der Waals surface area contributed by atoms with Gasteiger partial charge in [0.2, 0.25) is 0 Å². The van der Waals surface area contributed by atoms with Crippen LogP contribution in [-0.2, 0) is 0 Å². The first-order valence-corrected chi connectivity index (χ1v) is 5.84. The Kier molecular flexibility index (Phi) is 5.42. The number of nitrogens with one attached hydrogen (secondary N) is 2. The number of aromatic nitrogens is 1. The van der Waals surface area contributed by atoms with Gasteiger partial charge in [0, 0.05) is 30.7 Å². The Bertz CT molecular complexity index is 342. The summed E-state index contributed by atoms with van der Waals surface area (Å²) in [6.45, 7) is 4.64. The summed E-state index contributed by atoms with van der Waals surface area (Å²) in [5, 5.41) is 5.46. The van der Waals surface area contributed by atoms with E-state index in [4.69, 9.17) is 5.73 Å². The van der Waals surface area contributed by atoms with Crippen molar-refractivity contribution in [2.24, 2.45) is 11.7 Å². The molecule has 4 N–H and O–H groups in total. The number of urea groups is 1. The van der Waals surface area contributed by atoms with Crippen LogP contribution in [0.25, 0.3) is 0 Å². The molecule has 0 aliphatic carbocycles. The van der Waals surface area contributed by atoms with Crippen molar-refractivity contribution in [3.63, 3.8) is 0 Å². The highest BCUT2D eigenvalue weighted by Crippen LogP contribution is 2.05. The summed E-state index contributed by atoms with van der Waals surface area (Å²) >= 11 is 0. The molecule has 1 aromatic heterocycles. The average Bonchev–Trinajstić information content (AvgIpc) is 2.36. The van der Waals surface area contributed by atoms with Crippen LogP contribution in [0, 0.1) is 5.92 Å². The van der Waals surface area contributed by atoms with Crippen molar-refractivity contribution in [1.29, 1.82) is 0 Å². The number of rotatable bonds is 5. The minimum Gasteiger partial charge on any atom is -0.336 e. The van der Waals surface area contributed by atoms with Gasteiger partial charge in [0.1, 0.15) is 0 Å². The molecule has 2 atom stereocenters. The monoisotopic (exact) mass is 236 g/mol. The van der Waals surface area contributed by atoms with Crippen molar-refractivity contribution in [3.8, 4) is 0 Å². The minimum atomic E-state index is -0.241. The SMILES string of the molecule is CCC(C)[C@H](N)CNC(=O)Nc1ccncc1. The second-order valence-electron chi connectivity index (χ2n) is 4.12. The molecule has 0 fully saturated rings. The van der Waals surface area contributed by atoms with Gasteiger partial charge in [-0.25, -0.2) is 4.79 Å². The van der Waals surface area contributed by atoms with Crippen LogP contribution in [0.4, 0.5) is 10.5 Å². The average molecular weight is 236 g/mol. The Morgan fingerprint density at radius 3 is 2.71 bits per heavy atom. The first-order valence-electron chi connectivity index (χ1n) is 5.84. The molecule has 5 nitrogen and oxygen atoms in total. The van der Waals surface area contributed by atoms with Crippen molar-refractivity contribution in [3.05, 3.63) is 24.5 Å². The smallest absolute Gasteiger partial charge is 0.319 e. The van der Waals surface area contributed by atoms with Crippen LogP contribution in [0.15, 0.2) is 24.5 Å². The number of anilines is 1. The van der Waals surface area contributed by atoms with E-state index in [2.05, 4.69) is 29.5 Å². The predicted octanol–water partition coefficient (Wildman–Crippen LogP) is 1.58. The van der Waals surface area contributed by atoms with Crippen molar-refractivity contribution in [1.82, 2.24) is 10.3 Å². The molecule has 0 aromatic carbocycles. The molecule has 1 aromatic rings. The third-order valence-corrected chi connectivity index (χ3v) is 2.81. The standard InChI is InChI=1S/C12H20N4O/c1-3-9(2)11(13)8-15-12(17)16-10-4-6-14-7-5-10/h4-7,9,11H,3,8,13H2,1-2H3,(H2,14,15,16,17)/t9?,11-/m1/s1. The molecular formula is C12H20N4O. The summed E-state index contributed by atoms with van der Waals surface area (Å²) in [6, 6.07) is 3.21. The molecule has 94 valence electrons. The maximum atomic E-state index is 11.5. The first-order chi connectivity index (χ1) is 8.13.